The number of alkyl halides is 3. The fourth-order valence-electron chi connectivity index (χ4n) is 5.96. The third-order valence-electron chi connectivity index (χ3n) is 8.10. The van der Waals surface area contributed by atoms with Gasteiger partial charge in [0, 0.05) is 55.0 Å². The smallest absolute Gasteiger partial charge is 0.451 e. The Balaban J connectivity index is 1.27. The van der Waals surface area contributed by atoms with Crippen LogP contribution in [-0.4, -0.2) is 80.3 Å². The number of benzene rings is 1. The number of aliphatic carboxylic acids is 1. The number of anilines is 2. The van der Waals surface area contributed by atoms with Crippen LogP contribution in [0, 0.1) is 0 Å². The molecule has 0 radical (unpaired) electrons. The quantitative estimate of drug-likeness (QED) is 0.286. The summed E-state index contributed by atoms with van der Waals surface area (Å²) in [5.74, 6) is -2.61. The molecule has 15 heteroatoms. The zero-order valence-corrected chi connectivity index (χ0v) is 24.2. The Morgan fingerprint density at radius 3 is 2.69 bits per heavy atom. The molecule has 2 aliphatic heterocycles. The first kappa shape index (κ1) is 28.8. The van der Waals surface area contributed by atoms with E-state index < -0.39 is 30.1 Å². The number of carbonyl (C=O) groups is 1. The highest BCUT2D eigenvalue weighted by Crippen LogP contribution is 2.40. The molecule has 0 amide bonds. The topological polar surface area (TPSA) is 132 Å². The standard InChI is InChI=1S/C30H28F3N7O5/c1-16-15-43-8-7-39(16)21-9-17(18-12-35-38(2)13-18)11-34-27(21)44-19-10-22(28(41)42)40(14-19)26-25-24(36-29(37-26)30(31,32)33)20-5-3-4-6-23(20)45-25/h3-6,9,11-13,16,19,22H,7-8,10,14-15H2,1-2H3,(H,41,42)/t16-,19-,22-/m0/s1. The van der Waals surface area contributed by atoms with Gasteiger partial charge in [0.05, 0.1) is 26.0 Å². The first-order valence-corrected chi connectivity index (χ1v) is 14.3. The maximum absolute atomic E-state index is 14.0. The Bertz CT molecular complexity index is 1910. The molecule has 2 fully saturated rings. The Hall–Kier alpha value is -4.92. The Morgan fingerprint density at radius 1 is 1.13 bits per heavy atom. The number of furan rings is 1. The van der Waals surface area contributed by atoms with Gasteiger partial charge in [-0.3, -0.25) is 4.68 Å². The molecule has 12 nitrogen and oxygen atoms in total. The molecular formula is C30H28F3N7O5. The van der Waals surface area contributed by atoms with Crippen LogP contribution < -0.4 is 14.5 Å². The number of aryl methyl sites for hydroxylation is 1. The number of fused-ring (bicyclic) bond motifs is 3. The minimum Gasteiger partial charge on any atom is -0.480 e. The number of ether oxygens (including phenoxy) is 2. The molecule has 1 aromatic carbocycles. The van der Waals surface area contributed by atoms with E-state index in [-0.39, 0.29) is 41.8 Å². The lowest BCUT2D eigenvalue weighted by atomic mass is 10.1. The summed E-state index contributed by atoms with van der Waals surface area (Å²) in [6, 6.07) is 7.24. The Labute approximate surface area is 254 Å². The molecule has 0 saturated carbocycles. The number of carboxylic acid groups (broad SMARTS) is 1. The van der Waals surface area contributed by atoms with Crippen molar-refractivity contribution in [1.82, 2.24) is 24.7 Å². The van der Waals surface area contributed by atoms with Crippen molar-refractivity contribution >= 4 is 39.5 Å². The maximum Gasteiger partial charge on any atom is 0.451 e. The summed E-state index contributed by atoms with van der Waals surface area (Å²) in [6.07, 6.45) is -0.411. The van der Waals surface area contributed by atoms with Crippen LogP contribution in [0.5, 0.6) is 5.88 Å². The minimum absolute atomic E-state index is 0.00192. The van der Waals surface area contributed by atoms with Crippen LogP contribution in [0.25, 0.3) is 33.2 Å². The highest BCUT2D eigenvalue weighted by atomic mass is 19.4. The van der Waals surface area contributed by atoms with Gasteiger partial charge in [-0.2, -0.15) is 18.3 Å². The molecule has 2 saturated heterocycles. The van der Waals surface area contributed by atoms with E-state index in [1.807, 2.05) is 26.2 Å². The molecule has 0 unspecified atom stereocenters. The average Bonchev–Trinajstić information content (AvgIpc) is 3.74. The Kier molecular flexibility index (Phi) is 6.99. The monoisotopic (exact) mass is 623 g/mol. The van der Waals surface area contributed by atoms with Crippen LogP contribution in [0.2, 0.25) is 0 Å². The Morgan fingerprint density at radius 2 is 1.96 bits per heavy atom. The fraction of sp³-hybridized carbons (Fsp3) is 0.367. The van der Waals surface area contributed by atoms with Crippen molar-refractivity contribution in [3.63, 3.8) is 0 Å². The van der Waals surface area contributed by atoms with Crippen molar-refractivity contribution in [2.24, 2.45) is 7.05 Å². The van der Waals surface area contributed by atoms with E-state index in [0.717, 1.165) is 11.1 Å². The second-order valence-corrected chi connectivity index (χ2v) is 11.2. The molecule has 0 bridgehead atoms. The lowest BCUT2D eigenvalue weighted by Gasteiger charge is -2.36. The number of hydrogen-bond donors (Lipinski definition) is 1. The lowest BCUT2D eigenvalue weighted by Crippen LogP contribution is -2.44. The molecule has 5 aromatic rings. The first-order valence-electron chi connectivity index (χ1n) is 14.3. The molecule has 234 valence electrons. The number of aromatic nitrogens is 5. The van der Waals surface area contributed by atoms with Gasteiger partial charge in [0.25, 0.3) is 0 Å². The second kappa shape index (κ2) is 10.9. The van der Waals surface area contributed by atoms with Crippen LogP contribution in [0.1, 0.15) is 19.2 Å². The van der Waals surface area contributed by atoms with Gasteiger partial charge < -0.3 is 28.8 Å². The highest BCUT2D eigenvalue weighted by Gasteiger charge is 2.43. The van der Waals surface area contributed by atoms with Gasteiger partial charge in [-0.1, -0.05) is 12.1 Å². The van der Waals surface area contributed by atoms with E-state index >= 15 is 0 Å². The van der Waals surface area contributed by atoms with E-state index in [0.29, 0.717) is 36.4 Å². The van der Waals surface area contributed by atoms with E-state index in [4.69, 9.17) is 13.9 Å². The predicted octanol–water partition coefficient (Wildman–Crippen LogP) is 4.53. The van der Waals surface area contributed by atoms with E-state index in [2.05, 4.69) is 25.0 Å². The van der Waals surface area contributed by atoms with Gasteiger partial charge in [0.15, 0.2) is 11.4 Å². The number of morpholine rings is 1. The highest BCUT2D eigenvalue weighted by molar-refractivity contribution is 6.06. The zero-order valence-electron chi connectivity index (χ0n) is 24.2. The molecule has 2 aliphatic rings. The van der Waals surface area contributed by atoms with Gasteiger partial charge in [-0.05, 0) is 25.1 Å². The van der Waals surface area contributed by atoms with Gasteiger partial charge in [-0.15, -0.1) is 0 Å². The number of halogens is 3. The summed E-state index contributed by atoms with van der Waals surface area (Å²) >= 11 is 0. The van der Waals surface area contributed by atoms with E-state index in [1.54, 1.807) is 41.3 Å². The normalized spacial score (nSPS) is 20.8. The summed E-state index contributed by atoms with van der Waals surface area (Å²) in [7, 11) is 1.82. The van der Waals surface area contributed by atoms with Crippen molar-refractivity contribution in [3.8, 4) is 17.0 Å². The van der Waals surface area contributed by atoms with Crippen molar-refractivity contribution in [2.75, 3.05) is 36.1 Å². The molecule has 0 spiro atoms. The van der Waals surface area contributed by atoms with Gasteiger partial charge in [0.1, 0.15) is 28.9 Å². The third kappa shape index (κ3) is 5.26. The number of para-hydroxylation sites is 1. The van der Waals surface area contributed by atoms with Gasteiger partial charge in [-0.25, -0.2) is 19.7 Å². The predicted molar refractivity (Wildman–Crippen MR) is 156 cm³/mol. The number of hydrogen-bond acceptors (Lipinski definition) is 10. The third-order valence-corrected chi connectivity index (χ3v) is 8.10. The van der Waals surface area contributed by atoms with E-state index in [1.165, 1.54) is 4.90 Å². The fourth-order valence-corrected chi connectivity index (χ4v) is 5.96. The lowest BCUT2D eigenvalue weighted by molar-refractivity contribution is -0.144. The van der Waals surface area contributed by atoms with Crippen LogP contribution in [0.3, 0.4) is 0 Å². The average molecular weight is 624 g/mol. The SMILES string of the molecule is C[C@H]1COCCN1c1cc(-c2cnn(C)c2)cnc1O[C@H]1C[C@@H](C(=O)O)N(c2nc(C(F)(F)F)nc3c2oc2ccccc23)C1. The summed E-state index contributed by atoms with van der Waals surface area (Å²) in [6.45, 7) is 3.51. The van der Waals surface area contributed by atoms with Crippen molar-refractivity contribution in [1.29, 1.82) is 0 Å². The molecule has 6 heterocycles. The zero-order chi connectivity index (χ0) is 31.5. The molecule has 1 N–H and O–H groups in total. The number of carboxylic acids is 1. The summed E-state index contributed by atoms with van der Waals surface area (Å²) < 4.78 is 61.5. The van der Waals surface area contributed by atoms with E-state index in [9.17, 15) is 23.1 Å². The molecular weight excluding hydrogens is 595 g/mol. The van der Waals surface area contributed by atoms with Gasteiger partial charge >= 0.3 is 12.1 Å². The maximum atomic E-state index is 14.0. The van der Waals surface area contributed by atoms with Crippen molar-refractivity contribution in [3.05, 3.63) is 54.7 Å². The van der Waals surface area contributed by atoms with Gasteiger partial charge in [0.2, 0.25) is 11.7 Å². The van der Waals surface area contributed by atoms with Crippen molar-refractivity contribution < 1.29 is 37.0 Å². The second-order valence-electron chi connectivity index (χ2n) is 11.2. The van der Waals surface area contributed by atoms with Crippen LogP contribution in [-0.2, 0) is 22.8 Å². The molecule has 0 aliphatic carbocycles. The number of pyridine rings is 1. The summed E-state index contributed by atoms with van der Waals surface area (Å²) in [5, 5.41) is 14.8. The summed E-state index contributed by atoms with van der Waals surface area (Å²) in [4.78, 5) is 28.1. The summed E-state index contributed by atoms with van der Waals surface area (Å²) in [5.41, 5.74) is 2.59. The minimum atomic E-state index is -4.88. The number of rotatable bonds is 6. The largest absolute Gasteiger partial charge is 0.480 e. The molecule has 7 rings (SSSR count). The molecule has 3 atom stereocenters. The van der Waals surface area contributed by atoms with Crippen LogP contribution in [0.15, 0.2) is 53.3 Å². The molecule has 45 heavy (non-hydrogen) atoms. The molecule has 4 aromatic heterocycles. The van der Waals surface area contributed by atoms with Crippen LogP contribution in [0.4, 0.5) is 24.7 Å². The van der Waals surface area contributed by atoms with Crippen LogP contribution >= 0.6 is 0 Å². The van der Waals surface area contributed by atoms with Crippen molar-refractivity contribution in [2.45, 2.75) is 37.7 Å². The first-order chi connectivity index (χ1) is 21.6. The number of nitrogens with zero attached hydrogens (tertiary/aromatic N) is 7.